The van der Waals surface area contributed by atoms with Gasteiger partial charge in [0.2, 0.25) is 0 Å². The number of rotatable bonds is 1. The molecule has 1 aliphatic heterocycles. The Morgan fingerprint density at radius 1 is 1.31 bits per heavy atom. The number of benzene rings is 1. The van der Waals surface area contributed by atoms with Crippen LogP contribution in [-0.4, -0.2) is 31.9 Å². The first-order valence-electron chi connectivity index (χ1n) is 5.55. The van der Waals surface area contributed by atoms with Gasteiger partial charge in [-0.25, -0.2) is 0 Å². The summed E-state index contributed by atoms with van der Waals surface area (Å²) in [5, 5.41) is 3.35. The zero-order valence-corrected chi connectivity index (χ0v) is 10.1. The van der Waals surface area contributed by atoms with Gasteiger partial charge in [-0.3, -0.25) is 0 Å². The number of hydrogen-bond acceptors (Lipinski definition) is 3. The van der Waals surface area contributed by atoms with E-state index in [9.17, 15) is 0 Å². The molecule has 0 spiro atoms. The van der Waals surface area contributed by atoms with Crippen LogP contribution < -0.4 is 10.2 Å². The van der Waals surface area contributed by atoms with Gasteiger partial charge in [0, 0.05) is 37.4 Å². The van der Waals surface area contributed by atoms with E-state index in [1.807, 2.05) is 6.07 Å². The first-order valence-corrected chi connectivity index (χ1v) is 6.19. The molecule has 3 heteroatoms. The molecule has 1 aliphatic rings. The molecule has 0 aliphatic carbocycles. The molecule has 16 heavy (non-hydrogen) atoms. The first-order chi connectivity index (χ1) is 7.90. The summed E-state index contributed by atoms with van der Waals surface area (Å²) in [6.07, 6.45) is 0. The minimum absolute atomic E-state index is 0.609. The highest BCUT2D eigenvalue weighted by Gasteiger charge is 2.09. The number of thiol groups is 1. The minimum atomic E-state index is 0.609. The summed E-state index contributed by atoms with van der Waals surface area (Å²) in [4.78, 5) is 2.39. The van der Waals surface area contributed by atoms with Gasteiger partial charge in [0.05, 0.1) is 5.75 Å². The van der Waals surface area contributed by atoms with Crippen LogP contribution in [0.3, 0.4) is 0 Å². The van der Waals surface area contributed by atoms with E-state index in [4.69, 9.17) is 0 Å². The number of nitrogens with one attached hydrogen (secondary N) is 1. The fraction of sp³-hybridized carbons (Fsp3) is 0.385. The zero-order valence-electron chi connectivity index (χ0n) is 9.24. The van der Waals surface area contributed by atoms with Crippen molar-refractivity contribution in [2.75, 3.05) is 36.8 Å². The maximum Gasteiger partial charge on any atom is 0.0521 e. The van der Waals surface area contributed by atoms with Crippen molar-refractivity contribution in [1.29, 1.82) is 0 Å². The lowest BCUT2D eigenvalue weighted by molar-refractivity contribution is 0.589. The van der Waals surface area contributed by atoms with Gasteiger partial charge in [-0.1, -0.05) is 17.9 Å². The third-order valence-electron chi connectivity index (χ3n) is 2.64. The third-order valence-corrected chi connectivity index (χ3v) is 2.80. The van der Waals surface area contributed by atoms with Crippen LogP contribution in [-0.2, 0) is 0 Å². The molecule has 84 valence electrons. The highest BCUT2D eigenvalue weighted by Crippen LogP contribution is 2.16. The second kappa shape index (κ2) is 5.83. The second-order valence-corrected chi connectivity index (χ2v) is 4.06. The summed E-state index contributed by atoms with van der Waals surface area (Å²) in [5.74, 6) is 6.69. The number of piperazine rings is 1. The maximum absolute atomic E-state index is 4.09. The van der Waals surface area contributed by atoms with Crippen LogP contribution in [0.2, 0.25) is 0 Å². The summed E-state index contributed by atoms with van der Waals surface area (Å²) in [6.45, 7) is 4.27. The molecule has 0 bridgehead atoms. The smallest absolute Gasteiger partial charge is 0.0521 e. The Morgan fingerprint density at radius 2 is 2.12 bits per heavy atom. The largest absolute Gasteiger partial charge is 0.369 e. The lowest BCUT2D eigenvalue weighted by atomic mass is 10.2. The molecule has 0 unspecified atom stereocenters. The average Bonchev–Trinajstić information content (AvgIpc) is 2.38. The Morgan fingerprint density at radius 3 is 2.88 bits per heavy atom. The first kappa shape index (κ1) is 11.4. The van der Waals surface area contributed by atoms with Gasteiger partial charge in [0.25, 0.3) is 0 Å². The number of anilines is 1. The van der Waals surface area contributed by atoms with Crippen molar-refractivity contribution >= 4 is 18.3 Å². The molecule has 1 aromatic carbocycles. The molecule has 2 rings (SSSR count). The number of nitrogens with zero attached hydrogens (tertiary/aromatic N) is 1. The molecule has 1 N–H and O–H groups in total. The molecule has 0 aromatic heterocycles. The molecule has 1 heterocycles. The molecule has 0 amide bonds. The van der Waals surface area contributed by atoms with E-state index in [0.29, 0.717) is 5.75 Å². The summed E-state index contributed by atoms with van der Waals surface area (Å²) < 4.78 is 0. The molecule has 0 saturated carbocycles. The van der Waals surface area contributed by atoms with E-state index in [-0.39, 0.29) is 0 Å². The summed E-state index contributed by atoms with van der Waals surface area (Å²) in [5.41, 5.74) is 2.34. The Hall–Kier alpha value is -1.11. The van der Waals surface area contributed by atoms with Gasteiger partial charge in [0.15, 0.2) is 0 Å². The second-order valence-electron chi connectivity index (χ2n) is 3.75. The van der Waals surface area contributed by atoms with Gasteiger partial charge < -0.3 is 10.2 Å². The van der Waals surface area contributed by atoms with Crippen molar-refractivity contribution < 1.29 is 0 Å². The standard InChI is InChI=1S/C13H16N2S/c16-10-2-4-12-3-1-5-13(11-12)15-8-6-14-7-9-15/h1,3,5,11,14,16H,6-10H2. The van der Waals surface area contributed by atoms with Gasteiger partial charge in [-0.2, -0.15) is 12.6 Å². The summed E-state index contributed by atoms with van der Waals surface area (Å²) in [6, 6.07) is 8.42. The fourth-order valence-corrected chi connectivity index (χ4v) is 1.92. The van der Waals surface area contributed by atoms with E-state index in [1.165, 1.54) is 5.69 Å². The Labute approximate surface area is 102 Å². The van der Waals surface area contributed by atoms with E-state index in [1.54, 1.807) is 0 Å². The van der Waals surface area contributed by atoms with Crippen LogP contribution in [0.15, 0.2) is 24.3 Å². The minimum Gasteiger partial charge on any atom is -0.369 e. The molecular weight excluding hydrogens is 216 g/mol. The molecule has 2 nitrogen and oxygen atoms in total. The summed E-state index contributed by atoms with van der Waals surface area (Å²) in [7, 11) is 0. The van der Waals surface area contributed by atoms with Crippen LogP contribution in [0.5, 0.6) is 0 Å². The van der Waals surface area contributed by atoms with Gasteiger partial charge in [0.1, 0.15) is 0 Å². The Kier molecular flexibility index (Phi) is 4.15. The molecule has 1 aromatic rings. The monoisotopic (exact) mass is 232 g/mol. The topological polar surface area (TPSA) is 15.3 Å². The lowest BCUT2D eigenvalue weighted by Crippen LogP contribution is -2.43. The average molecular weight is 232 g/mol. The molecule has 0 atom stereocenters. The predicted molar refractivity (Wildman–Crippen MR) is 72.3 cm³/mol. The molecule has 1 saturated heterocycles. The highest BCUT2D eigenvalue weighted by atomic mass is 32.1. The van der Waals surface area contributed by atoms with Crippen LogP contribution in [0.1, 0.15) is 5.56 Å². The van der Waals surface area contributed by atoms with Crippen molar-refractivity contribution in [3.63, 3.8) is 0 Å². The lowest BCUT2D eigenvalue weighted by Gasteiger charge is -2.29. The zero-order chi connectivity index (χ0) is 11.2. The van der Waals surface area contributed by atoms with Gasteiger partial charge in [-0.05, 0) is 18.2 Å². The summed E-state index contributed by atoms with van der Waals surface area (Å²) >= 11 is 4.09. The normalized spacial score (nSPS) is 15.4. The molecule has 1 fully saturated rings. The van der Waals surface area contributed by atoms with Crippen LogP contribution in [0.4, 0.5) is 5.69 Å². The van der Waals surface area contributed by atoms with E-state index in [0.717, 1.165) is 31.7 Å². The maximum atomic E-state index is 4.09. The van der Waals surface area contributed by atoms with Gasteiger partial charge >= 0.3 is 0 Å². The van der Waals surface area contributed by atoms with Crippen molar-refractivity contribution in [2.45, 2.75) is 0 Å². The third kappa shape index (κ3) is 2.94. The quantitative estimate of drug-likeness (QED) is 0.562. The van der Waals surface area contributed by atoms with Crippen molar-refractivity contribution in [3.05, 3.63) is 29.8 Å². The van der Waals surface area contributed by atoms with Crippen molar-refractivity contribution in [3.8, 4) is 11.8 Å². The van der Waals surface area contributed by atoms with Crippen molar-refractivity contribution in [1.82, 2.24) is 5.32 Å². The molecule has 0 radical (unpaired) electrons. The number of hydrogen-bond donors (Lipinski definition) is 2. The predicted octanol–water partition coefficient (Wildman–Crippen LogP) is 1.38. The van der Waals surface area contributed by atoms with E-state index < -0.39 is 0 Å². The van der Waals surface area contributed by atoms with Gasteiger partial charge in [-0.15, -0.1) is 0 Å². The highest BCUT2D eigenvalue weighted by molar-refractivity contribution is 7.80. The van der Waals surface area contributed by atoms with E-state index >= 15 is 0 Å². The molecular formula is C13H16N2S. The van der Waals surface area contributed by atoms with Crippen LogP contribution in [0, 0.1) is 11.8 Å². The van der Waals surface area contributed by atoms with Crippen LogP contribution in [0.25, 0.3) is 0 Å². The Bertz CT molecular complexity index is 400. The fourth-order valence-electron chi connectivity index (χ4n) is 1.84. The van der Waals surface area contributed by atoms with Crippen molar-refractivity contribution in [2.24, 2.45) is 0 Å². The van der Waals surface area contributed by atoms with E-state index in [2.05, 4.69) is 52.9 Å². The van der Waals surface area contributed by atoms with Crippen LogP contribution >= 0.6 is 12.6 Å². The Balaban J connectivity index is 2.14. The SMILES string of the molecule is SCC#Cc1cccc(N2CCNCC2)c1.